The van der Waals surface area contributed by atoms with E-state index in [1.165, 1.54) is 12.0 Å². The first-order valence-corrected chi connectivity index (χ1v) is 7.37. The van der Waals surface area contributed by atoms with E-state index in [-0.39, 0.29) is 0 Å². The first-order chi connectivity index (χ1) is 9.02. The minimum Gasteiger partial charge on any atom is -0.370 e. The van der Waals surface area contributed by atoms with Gasteiger partial charge in [0.2, 0.25) is 0 Å². The minimum atomic E-state index is 0.751. The number of aryl methyl sites for hydroxylation is 1. The van der Waals surface area contributed by atoms with E-state index in [0.29, 0.717) is 0 Å². The summed E-state index contributed by atoms with van der Waals surface area (Å²) in [6.45, 7) is 14.0. The van der Waals surface area contributed by atoms with Crippen LogP contribution in [0.15, 0.2) is 0 Å². The van der Waals surface area contributed by atoms with Crippen LogP contribution in [0.2, 0.25) is 0 Å². The predicted molar refractivity (Wildman–Crippen MR) is 80.8 cm³/mol. The fourth-order valence-electron chi connectivity index (χ4n) is 2.78. The van der Waals surface area contributed by atoms with Crippen LogP contribution in [0, 0.1) is 25.7 Å². The van der Waals surface area contributed by atoms with Crippen molar-refractivity contribution in [2.24, 2.45) is 11.8 Å². The van der Waals surface area contributed by atoms with E-state index in [9.17, 15) is 0 Å². The zero-order valence-corrected chi connectivity index (χ0v) is 12.8. The molecule has 1 N–H and O–H groups in total. The molecule has 0 saturated carbocycles. The zero-order valence-electron chi connectivity index (χ0n) is 12.8. The Labute approximate surface area is 116 Å². The molecule has 1 saturated heterocycles. The lowest BCUT2D eigenvalue weighted by Gasteiger charge is -2.22. The molecule has 0 spiro atoms. The van der Waals surface area contributed by atoms with Crippen molar-refractivity contribution in [2.45, 2.75) is 41.0 Å². The van der Waals surface area contributed by atoms with Crippen molar-refractivity contribution in [3.63, 3.8) is 0 Å². The van der Waals surface area contributed by atoms with Crippen LogP contribution in [0.3, 0.4) is 0 Å². The number of nitrogens with one attached hydrogen (secondary N) is 1. The topological polar surface area (TPSA) is 41.1 Å². The van der Waals surface area contributed by atoms with E-state index in [2.05, 4.69) is 47.9 Å². The van der Waals surface area contributed by atoms with Gasteiger partial charge in [0.1, 0.15) is 17.5 Å². The van der Waals surface area contributed by atoms with Crippen molar-refractivity contribution >= 4 is 11.6 Å². The second-order valence-corrected chi connectivity index (χ2v) is 5.84. The van der Waals surface area contributed by atoms with Gasteiger partial charge in [-0.25, -0.2) is 9.97 Å². The molecular formula is C15H26N4. The SMILES string of the molecule is CCNc1nc(C)nc(N2CCC(C(C)C)C2)c1C. The van der Waals surface area contributed by atoms with Gasteiger partial charge in [-0.2, -0.15) is 0 Å². The molecule has 106 valence electrons. The molecule has 19 heavy (non-hydrogen) atoms. The third-order valence-electron chi connectivity index (χ3n) is 4.04. The van der Waals surface area contributed by atoms with Gasteiger partial charge in [0.05, 0.1) is 0 Å². The van der Waals surface area contributed by atoms with Crippen LogP contribution in [0.1, 0.15) is 38.6 Å². The highest BCUT2D eigenvalue weighted by atomic mass is 15.2. The van der Waals surface area contributed by atoms with Gasteiger partial charge in [-0.1, -0.05) is 13.8 Å². The van der Waals surface area contributed by atoms with Gasteiger partial charge >= 0.3 is 0 Å². The Hall–Kier alpha value is -1.32. The molecule has 4 heteroatoms. The van der Waals surface area contributed by atoms with Gasteiger partial charge in [0.25, 0.3) is 0 Å². The predicted octanol–water partition coefficient (Wildman–Crippen LogP) is 3.01. The number of anilines is 2. The van der Waals surface area contributed by atoms with Crippen molar-refractivity contribution in [1.82, 2.24) is 9.97 Å². The van der Waals surface area contributed by atoms with Gasteiger partial charge in [0, 0.05) is 25.2 Å². The Morgan fingerprint density at radius 2 is 2.05 bits per heavy atom. The minimum absolute atomic E-state index is 0.751. The molecule has 1 aromatic heterocycles. The number of nitrogens with zero attached hydrogens (tertiary/aromatic N) is 3. The van der Waals surface area contributed by atoms with E-state index < -0.39 is 0 Å². The third-order valence-corrected chi connectivity index (χ3v) is 4.04. The summed E-state index contributed by atoms with van der Waals surface area (Å²) in [4.78, 5) is 11.6. The Bertz CT molecular complexity index is 442. The van der Waals surface area contributed by atoms with E-state index in [1.54, 1.807) is 0 Å². The molecule has 4 nitrogen and oxygen atoms in total. The lowest BCUT2D eigenvalue weighted by molar-refractivity contribution is 0.422. The maximum Gasteiger partial charge on any atom is 0.137 e. The molecule has 1 fully saturated rings. The highest BCUT2D eigenvalue weighted by molar-refractivity contribution is 5.59. The van der Waals surface area contributed by atoms with Crippen LogP contribution in [0.25, 0.3) is 0 Å². The molecule has 0 bridgehead atoms. The second-order valence-electron chi connectivity index (χ2n) is 5.84. The molecule has 0 radical (unpaired) electrons. The molecule has 1 aliphatic heterocycles. The lowest BCUT2D eigenvalue weighted by Crippen LogP contribution is -2.24. The molecule has 0 amide bonds. The van der Waals surface area contributed by atoms with E-state index in [4.69, 9.17) is 0 Å². The highest BCUT2D eigenvalue weighted by Gasteiger charge is 2.27. The maximum atomic E-state index is 4.67. The quantitative estimate of drug-likeness (QED) is 0.905. The third kappa shape index (κ3) is 2.99. The fourth-order valence-corrected chi connectivity index (χ4v) is 2.78. The molecule has 2 heterocycles. The van der Waals surface area contributed by atoms with Gasteiger partial charge in [-0.05, 0) is 39.0 Å². The normalized spacial score (nSPS) is 19.3. The molecule has 0 aromatic carbocycles. The Balaban J connectivity index is 2.25. The zero-order chi connectivity index (χ0) is 14.0. The summed E-state index contributed by atoms with van der Waals surface area (Å²) in [5.41, 5.74) is 1.18. The Morgan fingerprint density at radius 1 is 1.32 bits per heavy atom. The summed E-state index contributed by atoms with van der Waals surface area (Å²) in [6.07, 6.45) is 1.27. The van der Waals surface area contributed by atoms with E-state index in [1.807, 2.05) is 6.92 Å². The Morgan fingerprint density at radius 3 is 2.63 bits per heavy atom. The molecular weight excluding hydrogens is 236 g/mol. The number of hydrogen-bond donors (Lipinski definition) is 1. The molecule has 1 aromatic rings. The fraction of sp³-hybridized carbons (Fsp3) is 0.733. The lowest BCUT2D eigenvalue weighted by atomic mass is 9.95. The number of aromatic nitrogens is 2. The molecule has 2 rings (SSSR count). The van der Waals surface area contributed by atoms with Crippen LogP contribution in [0.4, 0.5) is 11.6 Å². The van der Waals surface area contributed by atoms with E-state index in [0.717, 1.165) is 48.9 Å². The molecule has 1 aliphatic rings. The molecule has 1 unspecified atom stereocenters. The average Bonchev–Trinajstić information content (AvgIpc) is 2.83. The van der Waals surface area contributed by atoms with Crippen LogP contribution < -0.4 is 10.2 Å². The van der Waals surface area contributed by atoms with Gasteiger partial charge in [-0.3, -0.25) is 0 Å². The van der Waals surface area contributed by atoms with Crippen LogP contribution in [-0.4, -0.2) is 29.6 Å². The largest absolute Gasteiger partial charge is 0.370 e. The molecule has 1 atom stereocenters. The summed E-state index contributed by atoms with van der Waals surface area (Å²) >= 11 is 0. The van der Waals surface area contributed by atoms with Crippen molar-refractivity contribution in [2.75, 3.05) is 29.9 Å². The molecule has 0 aliphatic carbocycles. The van der Waals surface area contributed by atoms with Crippen LogP contribution >= 0.6 is 0 Å². The summed E-state index contributed by atoms with van der Waals surface area (Å²) in [5.74, 6) is 4.49. The average molecular weight is 262 g/mol. The van der Waals surface area contributed by atoms with Gasteiger partial charge in [0.15, 0.2) is 0 Å². The van der Waals surface area contributed by atoms with Crippen molar-refractivity contribution < 1.29 is 0 Å². The van der Waals surface area contributed by atoms with Crippen LogP contribution in [0.5, 0.6) is 0 Å². The first kappa shape index (κ1) is 14.1. The second kappa shape index (κ2) is 5.76. The maximum absolute atomic E-state index is 4.67. The monoisotopic (exact) mass is 262 g/mol. The summed E-state index contributed by atoms with van der Waals surface area (Å²) in [6, 6.07) is 0. The van der Waals surface area contributed by atoms with Gasteiger partial charge in [-0.15, -0.1) is 0 Å². The van der Waals surface area contributed by atoms with Crippen molar-refractivity contribution in [1.29, 1.82) is 0 Å². The summed E-state index contributed by atoms with van der Waals surface area (Å²) < 4.78 is 0. The Kier molecular flexibility index (Phi) is 4.27. The standard InChI is InChI=1S/C15H26N4/c1-6-16-14-11(4)15(18-12(5)17-14)19-8-7-13(9-19)10(2)3/h10,13H,6-9H2,1-5H3,(H,16,17,18). The smallest absolute Gasteiger partial charge is 0.137 e. The number of hydrogen-bond acceptors (Lipinski definition) is 4. The first-order valence-electron chi connectivity index (χ1n) is 7.37. The number of rotatable bonds is 4. The van der Waals surface area contributed by atoms with Gasteiger partial charge < -0.3 is 10.2 Å². The summed E-state index contributed by atoms with van der Waals surface area (Å²) in [5, 5.41) is 3.34. The summed E-state index contributed by atoms with van der Waals surface area (Å²) in [7, 11) is 0. The van der Waals surface area contributed by atoms with Crippen molar-refractivity contribution in [3.8, 4) is 0 Å². The van der Waals surface area contributed by atoms with E-state index >= 15 is 0 Å². The highest BCUT2D eigenvalue weighted by Crippen LogP contribution is 2.31. The van der Waals surface area contributed by atoms with Crippen LogP contribution in [-0.2, 0) is 0 Å². The van der Waals surface area contributed by atoms with Crippen molar-refractivity contribution in [3.05, 3.63) is 11.4 Å².